The molecule has 0 aliphatic heterocycles. The van der Waals surface area contributed by atoms with Gasteiger partial charge in [-0.15, -0.1) is 12.1 Å². The SMILES string of the molecule is COc1[c-]ccc(CCN)c1.[W]. The van der Waals surface area contributed by atoms with Crippen molar-refractivity contribution in [1.29, 1.82) is 0 Å². The molecule has 3 heteroatoms. The molecule has 1 aromatic rings. The summed E-state index contributed by atoms with van der Waals surface area (Å²) in [4.78, 5) is 0. The standard InChI is InChI=1S/C9H12NO.W/c1-11-9-4-2-3-8(7-9)5-6-10;/h2-3,7H,5-6,10H2,1H3;/q-1;. The minimum atomic E-state index is 0. The van der Waals surface area contributed by atoms with Crippen molar-refractivity contribution in [3.8, 4) is 5.75 Å². The van der Waals surface area contributed by atoms with E-state index in [0.717, 1.165) is 12.2 Å². The van der Waals surface area contributed by atoms with Gasteiger partial charge < -0.3 is 10.5 Å². The van der Waals surface area contributed by atoms with Gasteiger partial charge in [0.05, 0.1) is 7.11 Å². The van der Waals surface area contributed by atoms with E-state index >= 15 is 0 Å². The molecule has 0 aliphatic carbocycles. The van der Waals surface area contributed by atoms with Crippen LogP contribution in [0.5, 0.6) is 5.75 Å². The van der Waals surface area contributed by atoms with Gasteiger partial charge in [0.15, 0.2) is 0 Å². The molecule has 0 unspecified atom stereocenters. The molecule has 0 radical (unpaired) electrons. The molecule has 0 bridgehead atoms. The van der Waals surface area contributed by atoms with Crippen molar-refractivity contribution in [2.45, 2.75) is 6.42 Å². The van der Waals surface area contributed by atoms with Crippen LogP contribution in [0.3, 0.4) is 0 Å². The second-order valence-corrected chi connectivity index (χ2v) is 2.30. The zero-order chi connectivity index (χ0) is 8.10. The molecule has 0 heterocycles. The zero-order valence-electron chi connectivity index (χ0n) is 7.04. The van der Waals surface area contributed by atoms with Crippen LogP contribution >= 0.6 is 0 Å². The average Bonchev–Trinajstić information content (AvgIpc) is 2.06. The topological polar surface area (TPSA) is 35.2 Å². The number of hydrogen-bond donors (Lipinski definition) is 1. The van der Waals surface area contributed by atoms with Crippen LogP contribution in [-0.2, 0) is 27.5 Å². The van der Waals surface area contributed by atoms with Crippen molar-refractivity contribution in [2.75, 3.05) is 13.7 Å². The maximum Gasteiger partial charge on any atom is 0.0743 e. The fourth-order valence-electron chi connectivity index (χ4n) is 0.929. The molecule has 2 nitrogen and oxygen atoms in total. The maximum absolute atomic E-state index is 5.40. The van der Waals surface area contributed by atoms with Crippen LogP contribution in [-0.4, -0.2) is 13.7 Å². The minimum Gasteiger partial charge on any atom is -0.523 e. The Morgan fingerprint density at radius 2 is 2.33 bits per heavy atom. The summed E-state index contributed by atoms with van der Waals surface area (Å²) in [5.41, 5.74) is 6.60. The van der Waals surface area contributed by atoms with Crippen LogP contribution in [0.15, 0.2) is 18.2 Å². The van der Waals surface area contributed by atoms with Crippen molar-refractivity contribution in [3.63, 3.8) is 0 Å². The number of benzene rings is 1. The summed E-state index contributed by atoms with van der Waals surface area (Å²) in [5.74, 6) is 0.774. The molecule has 66 valence electrons. The summed E-state index contributed by atoms with van der Waals surface area (Å²) in [6.45, 7) is 0.674. The summed E-state index contributed by atoms with van der Waals surface area (Å²) in [6, 6.07) is 8.75. The molecule has 0 spiro atoms. The molecule has 0 fully saturated rings. The third-order valence-electron chi connectivity index (χ3n) is 1.49. The minimum absolute atomic E-state index is 0. The van der Waals surface area contributed by atoms with Crippen LogP contribution in [0.25, 0.3) is 0 Å². The number of hydrogen-bond acceptors (Lipinski definition) is 2. The van der Waals surface area contributed by atoms with Gasteiger partial charge in [0.2, 0.25) is 0 Å². The second-order valence-electron chi connectivity index (χ2n) is 2.30. The van der Waals surface area contributed by atoms with E-state index in [-0.39, 0.29) is 21.1 Å². The van der Waals surface area contributed by atoms with Crippen molar-refractivity contribution in [1.82, 2.24) is 0 Å². The van der Waals surface area contributed by atoms with Crippen LogP contribution in [0.4, 0.5) is 0 Å². The van der Waals surface area contributed by atoms with Gasteiger partial charge in [-0.1, -0.05) is 0 Å². The first kappa shape index (κ1) is 11.7. The fourth-order valence-corrected chi connectivity index (χ4v) is 0.929. The van der Waals surface area contributed by atoms with E-state index in [9.17, 15) is 0 Å². The number of ether oxygens (including phenoxy) is 1. The zero-order valence-corrected chi connectivity index (χ0v) is 9.97. The first-order valence-corrected chi connectivity index (χ1v) is 3.61. The van der Waals surface area contributed by atoms with E-state index in [1.807, 2.05) is 18.2 Å². The Hall–Kier alpha value is -0.332. The monoisotopic (exact) mass is 334 g/mol. The van der Waals surface area contributed by atoms with E-state index in [0.29, 0.717) is 6.54 Å². The van der Waals surface area contributed by atoms with Crippen LogP contribution in [0.2, 0.25) is 0 Å². The predicted molar refractivity (Wildman–Crippen MR) is 44.6 cm³/mol. The van der Waals surface area contributed by atoms with Gasteiger partial charge in [-0.3, -0.25) is 0 Å². The maximum atomic E-state index is 5.40. The van der Waals surface area contributed by atoms with Gasteiger partial charge in [0, 0.05) is 26.8 Å². The average molecular weight is 334 g/mol. The Labute approximate surface area is 87.4 Å². The molecule has 0 atom stereocenters. The molecule has 0 saturated heterocycles. The Balaban J connectivity index is 0.00000121. The molecule has 0 aromatic heterocycles. The van der Waals surface area contributed by atoms with E-state index in [4.69, 9.17) is 10.5 Å². The van der Waals surface area contributed by atoms with Gasteiger partial charge in [0.25, 0.3) is 0 Å². The van der Waals surface area contributed by atoms with Crippen molar-refractivity contribution >= 4 is 0 Å². The Kier molecular flexibility index (Phi) is 6.04. The molecule has 0 amide bonds. The molecular weight excluding hydrogens is 322 g/mol. The molecule has 12 heavy (non-hydrogen) atoms. The fraction of sp³-hybridized carbons (Fsp3) is 0.333. The molecular formula is C9H12NOW-. The number of nitrogens with two attached hydrogens (primary N) is 1. The third kappa shape index (κ3) is 3.38. The van der Waals surface area contributed by atoms with Gasteiger partial charge in [-0.25, -0.2) is 0 Å². The molecule has 0 saturated carbocycles. The van der Waals surface area contributed by atoms with Gasteiger partial charge in [-0.05, 0) is 13.0 Å². The summed E-state index contributed by atoms with van der Waals surface area (Å²) >= 11 is 0. The van der Waals surface area contributed by atoms with Crippen LogP contribution in [0.1, 0.15) is 5.56 Å². The molecule has 1 aromatic carbocycles. The van der Waals surface area contributed by atoms with Gasteiger partial charge in [0.1, 0.15) is 0 Å². The smallest absolute Gasteiger partial charge is 0.0743 e. The number of rotatable bonds is 3. The van der Waals surface area contributed by atoms with Gasteiger partial charge in [-0.2, -0.15) is 17.7 Å². The molecule has 0 aliphatic rings. The molecule has 1 rings (SSSR count). The predicted octanol–water partition coefficient (Wildman–Crippen LogP) is 0.994. The normalized spacial score (nSPS) is 8.83. The second kappa shape index (κ2) is 6.21. The Morgan fingerprint density at radius 1 is 1.58 bits per heavy atom. The quantitative estimate of drug-likeness (QED) is 0.837. The summed E-state index contributed by atoms with van der Waals surface area (Å²) in [6.07, 6.45) is 0.894. The summed E-state index contributed by atoms with van der Waals surface area (Å²) in [5, 5.41) is 0. The Morgan fingerprint density at radius 3 is 2.92 bits per heavy atom. The van der Waals surface area contributed by atoms with E-state index in [1.165, 1.54) is 5.56 Å². The summed E-state index contributed by atoms with van der Waals surface area (Å²) < 4.78 is 5.00. The van der Waals surface area contributed by atoms with Crippen molar-refractivity contribution in [2.24, 2.45) is 5.73 Å². The number of methoxy groups -OCH3 is 1. The van der Waals surface area contributed by atoms with Crippen molar-refractivity contribution in [3.05, 3.63) is 29.8 Å². The van der Waals surface area contributed by atoms with Crippen LogP contribution in [0, 0.1) is 6.07 Å². The van der Waals surface area contributed by atoms with Gasteiger partial charge >= 0.3 is 0 Å². The van der Waals surface area contributed by atoms with E-state index in [2.05, 4.69) is 6.07 Å². The first-order valence-electron chi connectivity index (χ1n) is 3.61. The summed E-state index contributed by atoms with van der Waals surface area (Å²) in [7, 11) is 1.64. The van der Waals surface area contributed by atoms with E-state index < -0.39 is 0 Å². The molecule has 2 N–H and O–H groups in total. The van der Waals surface area contributed by atoms with Crippen molar-refractivity contribution < 1.29 is 25.8 Å². The largest absolute Gasteiger partial charge is 0.523 e. The Bertz CT molecular complexity index is 228. The van der Waals surface area contributed by atoms with E-state index in [1.54, 1.807) is 7.11 Å². The first-order chi connectivity index (χ1) is 5.36. The van der Waals surface area contributed by atoms with Crippen LogP contribution < -0.4 is 10.5 Å². The third-order valence-corrected chi connectivity index (χ3v) is 1.49.